The molecule has 2 amide bonds. The molecule has 0 aromatic heterocycles. The first-order valence-electron chi connectivity index (χ1n) is 6.75. The summed E-state index contributed by atoms with van der Waals surface area (Å²) in [6, 6.07) is 6.30. The Bertz CT molecular complexity index is 486. The van der Waals surface area contributed by atoms with Crippen LogP contribution in [0.4, 0.5) is 5.69 Å². The maximum Gasteiger partial charge on any atom is 0.253 e. The molecule has 2 atom stereocenters. The summed E-state index contributed by atoms with van der Waals surface area (Å²) in [5, 5.41) is 2.76. The Morgan fingerprint density at radius 1 is 1.35 bits per heavy atom. The lowest BCUT2D eigenvalue weighted by Crippen LogP contribution is -2.40. The second-order valence-electron chi connectivity index (χ2n) is 5.18. The Morgan fingerprint density at radius 3 is 2.55 bits per heavy atom. The number of rotatable bonds is 5. The van der Waals surface area contributed by atoms with Crippen LogP contribution in [-0.2, 0) is 4.79 Å². The first kappa shape index (κ1) is 16.2. The topological polar surface area (TPSA) is 75.4 Å². The standard InChI is InChI=1S/C15H23N3O2/c1-5-10(2)13(16)14(19)17-12-8-6-7-11(9-12)15(20)18(3)4/h6-10,13H,5,16H2,1-4H3,(H,17,19)/t10-,13-/m0/s1. The highest BCUT2D eigenvalue weighted by Crippen LogP contribution is 2.14. The quantitative estimate of drug-likeness (QED) is 0.860. The van der Waals surface area contributed by atoms with Crippen molar-refractivity contribution in [2.45, 2.75) is 26.3 Å². The predicted molar refractivity (Wildman–Crippen MR) is 80.5 cm³/mol. The van der Waals surface area contributed by atoms with Gasteiger partial charge in [-0.2, -0.15) is 0 Å². The minimum absolute atomic E-state index is 0.104. The van der Waals surface area contributed by atoms with E-state index in [9.17, 15) is 9.59 Å². The van der Waals surface area contributed by atoms with E-state index in [1.165, 1.54) is 4.90 Å². The van der Waals surface area contributed by atoms with Crippen molar-refractivity contribution in [3.8, 4) is 0 Å². The van der Waals surface area contributed by atoms with Crippen LogP contribution in [0.5, 0.6) is 0 Å². The summed E-state index contributed by atoms with van der Waals surface area (Å²) in [5.74, 6) is -0.220. The summed E-state index contributed by atoms with van der Waals surface area (Å²) < 4.78 is 0. The van der Waals surface area contributed by atoms with Crippen molar-refractivity contribution in [3.63, 3.8) is 0 Å². The van der Waals surface area contributed by atoms with E-state index in [0.717, 1.165) is 6.42 Å². The molecule has 1 aromatic rings. The highest BCUT2D eigenvalue weighted by Gasteiger charge is 2.19. The molecule has 0 aliphatic carbocycles. The largest absolute Gasteiger partial charge is 0.345 e. The van der Waals surface area contributed by atoms with Crippen molar-refractivity contribution in [3.05, 3.63) is 29.8 Å². The van der Waals surface area contributed by atoms with E-state index in [4.69, 9.17) is 5.73 Å². The molecule has 0 radical (unpaired) electrons. The van der Waals surface area contributed by atoms with E-state index >= 15 is 0 Å². The van der Waals surface area contributed by atoms with Gasteiger partial charge in [-0.3, -0.25) is 9.59 Å². The predicted octanol–water partition coefficient (Wildman–Crippen LogP) is 1.70. The molecule has 5 heteroatoms. The summed E-state index contributed by atoms with van der Waals surface area (Å²) in [4.78, 5) is 25.3. The Morgan fingerprint density at radius 2 is 2.00 bits per heavy atom. The molecule has 5 nitrogen and oxygen atoms in total. The fourth-order valence-corrected chi connectivity index (χ4v) is 1.73. The Labute approximate surface area is 120 Å². The van der Waals surface area contributed by atoms with E-state index in [2.05, 4.69) is 5.32 Å². The van der Waals surface area contributed by atoms with Gasteiger partial charge in [-0.1, -0.05) is 26.3 Å². The van der Waals surface area contributed by atoms with Crippen molar-refractivity contribution in [1.82, 2.24) is 4.90 Å². The number of nitrogens with two attached hydrogens (primary N) is 1. The molecule has 0 unspecified atom stereocenters. The van der Waals surface area contributed by atoms with E-state index < -0.39 is 6.04 Å². The molecule has 0 saturated heterocycles. The monoisotopic (exact) mass is 277 g/mol. The van der Waals surface area contributed by atoms with Gasteiger partial charge in [0.25, 0.3) is 5.91 Å². The zero-order valence-electron chi connectivity index (χ0n) is 12.5. The van der Waals surface area contributed by atoms with Crippen LogP contribution in [0.3, 0.4) is 0 Å². The summed E-state index contributed by atoms with van der Waals surface area (Å²) >= 11 is 0. The average molecular weight is 277 g/mol. The fraction of sp³-hybridized carbons (Fsp3) is 0.467. The van der Waals surface area contributed by atoms with Crippen molar-refractivity contribution >= 4 is 17.5 Å². The van der Waals surface area contributed by atoms with Crippen molar-refractivity contribution < 1.29 is 9.59 Å². The van der Waals surface area contributed by atoms with Gasteiger partial charge in [0, 0.05) is 25.3 Å². The van der Waals surface area contributed by atoms with Crippen LogP contribution >= 0.6 is 0 Å². The van der Waals surface area contributed by atoms with E-state index in [1.807, 2.05) is 13.8 Å². The number of benzene rings is 1. The van der Waals surface area contributed by atoms with Crippen LogP contribution in [0.1, 0.15) is 30.6 Å². The molecule has 0 spiro atoms. The molecule has 3 N–H and O–H groups in total. The molecule has 1 aromatic carbocycles. The number of nitrogens with zero attached hydrogens (tertiary/aromatic N) is 1. The molecular formula is C15H23N3O2. The number of carbonyl (C=O) groups is 2. The summed E-state index contributed by atoms with van der Waals surface area (Å²) in [7, 11) is 3.37. The number of carbonyl (C=O) groups excluding carboxylic acids is 2. The third kappa shape index (κ3) is 4.06. The highest BCUT2D eigenvalue weighted by molar-refractivity contribution is 5.98. The van der Waals surface area contributed by atoms with Gasteiger partial charge in [0.05, 0.1) is 6.04 Å². The van der Waals surface area contributed by atoms with Gasteiger partial charge in [-0.15, -0.1) is 0 Å². The number of amides is 2. The van der Waals surface area contributed by atoms with E-state index in [-0.39, 0.29) is 17.7 Å². The summed E-state index contributed by atoms with van der Waals surface area (Å²) in [5.41, 5.74) is 6.99. The van der Waals surface area contributed by atoms with Crippen LogP contribution in [0.2, 0.25) is 0 Å². The van der Waals surface area contributed by atoms with E-state index in [1.54, 1.807) is 38.4 Å². The molecule has 0 aliphatic heterocycles. The van der Waals surface area contributed by atoms with Gasteiger partial charge in [0.1, 0.15) is 0 Å². The van der Waals surface area contributed by atoms with Gasteiger partial charge < -0.3 is 16.0 Å². The lowest BCUT2D eigenvalue weighted by molar-refractivity contribution is -0.118. The fourth-order valence-electron chi connectivity index (χ4n) is 1.73. The molecule has 0 bridgehead atoms. The van der Waals surface area contributed by atoms with Crippen molar-refractivity contribution in [2.75, 3.05) is 19.4 Å². The zero-order chi connectivity index (χ0) is 15.3. The highest BCUT2D eigenvalue weighted by atomic mass is 16.2. The molecule has 110 valence electrons. The van der Waals surface area contributed by atoms with Gasteiger partial charge >= 0.3 is 0 Å². The minimum Gasteiger partial charge on any atom is -0.345 e. The first-order valence-corrected chi connectivity index (χ1v) is 6.75. The molecular weight excluding hydrogens is 254 g/mol. The van der Waals surface area contributed by atoms with Crippen molar-refractivity contribution in [2.24, 2.45) is 11.7 Å². The zero-order valence-corrected chi connectivity index (χ0v) is 12.5. The molecule has 1 rings (SSSR count). The second-order valence-corrected chi connectivity index (χ2v) is 5.18. The van der Waals surface area contributed by atoms with Gasteiger partial charge in [0.2, 0.25) is 5.91 Å². The lowest BCUT2D eigenvalue weighted by Gasteiger charge is -2.18. The first-order chi connectivity index (χ1) is 9.36. The Balaban J connectivity index is 2.81. The van der Waals surface area contributed by atoms with Crippen LogP contribution < -0.4 is 11.1 Å². The number of anilines is 1. The van der Waals surface area contributed by atoms with Crippen LogP contribution in [-0.4, -0.2) is 36.9 Å². The van der Waals surface area contributed by atoms with Gasteiger partial charge in [0.15, 0.2) is 0 Å². The summed E-state index contributed by atoms with van der Waals surface area (Å²) in [6.07, 6.45) is 0.841. The van der Waals surface area contributed by atoms with Gasteiger partial charge in [-0.25, -0.2) is 0 Å². The van der Waals surface area contributed by atoms with Gasteiger partial charge in [-0.05, 0) is 24.1 Å². The number of nitrogens with one attached hydrogen (secondary N) is 1. The number of hydrogen-bond acceptors (Lipinski definition) is 3. The maximum atomic E-state index is 12.0. The Hall–Kier alpha value is -1.88. The normalized spacial score (nSPS) is 13.4. The molecule has 20 heavy (non-hydrogen) atoms. The second kappa shape index (κ2) is 7.05. The van der Waals surface area contributed by atoms with E-state index in [0.29, 0.717) is 11.3 Å². The molecule has 0 fully saturated rings. The van der Waals surface area contributed by atoms with Crippen LogP contribution in [0.25, 0.3) is 0 Å². The molecule has 0 saturated carbocycles. The van der Waals surface area contributed by atoms with Crippen molar-refractivity contribution in [1.29, 1.82) is 0 Å². The third-order valence-electron chi connectivity index (χ3n) is 3.34. The Kier molecular flexibility index (Phi) is 5.70. The van der Waals surface area contributed by atoms with Crippen LogP contribution in [0.15, 0.2) is 24.3 Å². The SMILES string of the molecule is CC[C@H](C)[C@H](N)C(=O)Nc1cccc(C(=O)N(C)C)c1. The third-order valence-corrected chi connectivity index (χ3v) is 3.34. The maximum absolute atomic E-state index is 12.0. The summed E-state index contributed by atoms with van der Waals surface area (Å²) in [6.45, 7) is 3.93. The number of hydrogen-bond donors (Lipinski definition) is 2. The minimum atomic E-state index is -0.548. The average Bonchev–Trinajstić information content (AvgIpc) is 2.44. The lowest BCUT2D eigenvalue weighted by atomic mass is 9.99. The smallest absolute Gasteiger partial charge is 0.253 e. The molecule has 0 aliphatic rings. The molecule has 0 heterocycles. The van der Waals surface area contributed by atoms with Crippen LogP contribution in [0, 0.1) is 5.92 Å².